The number of hydrogen-bond acceptors (Lipinski definition) is 7. The lowest BCUT2D eigenvalue weighted by molar-refractivity contribution is 0.241. The Bertz CT molecular complexity index is 959. The third-order valence-corrected chi connectivity index (χ3v) is 5.41. The van der Waals surface area contributed by atoms with E-state index in [0.717, 1.165) is 4.31 Å². The van der Waals surface area contributed by atoms with Crippen molar-refractivity contribution in [1.82, 2.24) is 19.6 Å². The van der Waals surface area contributed by atoms with Crippen molar-refractivity contribution in [2.45, 2.75) is 24.8 Å². The number of sulfonamides is 1. The molecule has 0 radical (unpaired) electrons. The van der Waals surface area contributed by atoms with Gasteiger partial charge in [0.2, 0.25) is 10.0 Å². The molecule has 0 saturated carbocycles. The Hall–Kier alpha value is -2.63. The summed E-state index contributed by atoms with van der Waals surface area (Å²) in [6.07, 6.45) is 2.98. The standard InChI is InChI=1S/C17H22N6O3S2/c1-11(2)26-12-7-8-13(20-10-12)15(18)21-17(27)22-16-14(6-5-9-19-16)28(24,25)23(3)4/h5-11H,1-4H3,(H3,18,19,21,22,27). The maximum absolute atomic E-state index is 12.4. The molecule has 3 N–H and O–H groups in total. The first-order valence-corrected chi connectivity index (χ1v) is 10.1. The molecule has 0 aliphatic carbocycles. The number of amidine groups is 1. The Balaban J connectivity index is 2.10. The summed E-state index contributed by atoms with van der Waals surface area (Å²) in [4.78, 5) is 8.17. The van der Waals surface area contributed by atoms with E-state index < -0.39 is 10.0 Å². The quantitative estimate of drug-likeness (QED) is 0.366. The van der Waals surface area contributed by atoms with Crippen molar-refractivity contribution in [2.75, 3.05) is 19.4 Å². The number of nitrogens with zero attached hydrogens (tertiary/aromatic N) is 3. The van der Waals surface area contributed by atoms with Crippen molar-refractivity contribution in [1.29, 1.82) is 5.41 Å². The summed E-state index contributed by atoms with van der Waals surface area (Å²) >= 11 is 5.18. The number of hydrogen-bond donors (Lipinski definition) is 3. The van der Waals surface area contributed by atoms with E-state index in [4.69, 9.17) is 22.4 Å². The molecule has 0 bridgehead atoms. The number of anilines is 1. The molecular weight excluding hydrogens is 400 g/mol. The normalized spacial score (nSPS) is 11.4. The highest BCUT2D eigenvalue weighted by Crippen LogP contribution is 2.20. The molecule has 28 heavy (non-hydrogen) atoms. The van der Waals surface area contributed by atoms with Gasteiger partial charge in [-0.3, -0.25) is 5.41 Å². The smallest absolute Gasteiger partial charge is 0.246 e. The van der Waals surface area contributed by atoms with Crippen LogP contribution in [0.1, 0.15) is 19.5 Å². The summed E-state index contributed by atoms with van der Waals surface area (Å²) in [5.41, 5.74) is 0.349. The lowest BCUT2D eigenvalue weighted by Gasteiger charge is -2.16. The third kappa shape index (κ3) is 5.44. The van der Waals surface area contributed by atoms with E-state index in [1.807, 2.05) is 13.8 Å². The molecule has 2 aromatic rings. The van der Waals surface area contributed by atoms with Gasteiger partial charge in [-0.15, -0.1) is 0 Å². The van der Waals surface area contributed by atoms with Gasteiger partial charge in [0, 0.05) is 20.3 Å². The van der Waals surface area contributed by atoms with E-state index in [-0.39, 0.29) is 27.8 Å². The second-order valence-electron chi connectivity index (χ2n) is 6.14. The highest BCUT2D eigenvalue weighted by molar-refractivity contribution is 7.89. The first kappa shape index (κ1) is 21.7. The minimum absolute atomic E-state index is 0.0169. The minimum atomic E-state index is -3.71. The Morgan fingerprint density at radius 1 is 1.25 bits per heavy atom. The van der Waals surface area contributed by atoms with Crippen LogP contribution in [0.25, 0.3) is 0 Å². The molecule has 2 aromatic heterocycles. The van der Waals surface area contributed by atoms with Crippen LogP contribution in [0.4, 0.5) is 5.82 Å². The van der Waals surface area contributed by atoms with Crippen LogP contribution in [0.2, 0.25) is 0 Å². The summed E-state index contributed by atoms with van der Waals surface area (Å²) in [5, 5.41) is 13.5. The van der Waals surface area contributed by atoms with Crippen LogP contribution in [0, 0.1) is 5.41 Å². The zero-order valence-corrected chi connectivity index (χ0v) is 17.6. The number of pyridine rings is 2. The molecule has 0 aliphatic rings. The maximum Gasteiger partial charge on any atom is 0.246 e. The molecule has 150 valence electrons. The van der Waals surface area contributed by atoms with E-state index in [2.05, 4.69) is 20.6 Å². The molecule has 0 spiro atoms. The number of thiocarbonyl (C=S) groups is 1. The van der Waals surface area contributed by atoms with Crippen LogP contribution in [0.5, 0.6) is 5.75 Å². The van der Waals surface area contributed by atoms with Gasteiger partial charge in [-0.1, -0.05) is 0 Å². The van der Waals surface area contributed by atoms with Crippen LogP contribution < -0.4 is 15.4 Å². The Labute approximate surface area is 169 Å². The summed E-state index contributed by atoms with van der Waals surface area (Å²) in [5.74, 6) is 0.607. The van der Waals surface area contributed by atoms with Crippen LogP contribution in [0.3, 0.4) is 0 Å². The van der Waals surface area contributed by atoms with Crippen molar-refractivity contribution in [3.05, 3.63) is 42.4 Å². The van der Waals surface area contributed by atoms with Crippen LogP contribution in [-0.4, -0.2) is 53.8 Å². The van der Waals surface area contributed by atoms with Crippen LogP contribution >= 0.6 is 12.2 Å². The molecule has 0 unspecified atom stereocenters. The highest BCUT2D eigenvalue weighted by atomic mass is 32.2. The SMILES string of the molecule is CC(C)Oc1ccc(C(=N)NC(=S)Nc2ncccc2S(=O)(=O)N(C)C)nc1. The molecule has 9 nitrogen and oxygen atoms in total. The highest BCUT2D eigenvalue weighted by Gasteiger charge is 2.22. The van der Waals surface area contributed by atoms with E-state index in [0.29, 0.717) is 11.4 Å². The van der Waals surface area contributed by atoms with Gasteiger partial charge in [-0.25, -0.2) is 22.7 Å². The number of rotatable bonds is 6. The lowest BCUT2D eigenvalue weighted by Crippen LogP contribution is -2.35. The molecule has 0 amide bonds. The van der Waals surface area contributed by atoms with Gasteiger partial charge in [0.1, 0.15) is 16.3 Å². The molecule has 0 fully saturated rings. The number of aromatic nitrogens is 2. The van der Waals surface area contributed by atoms with E-state index in [1.54, 1.807) is 12.1 Å². The first-order valence-electron chi connectivity index (χ1n) is 8.28. The first-order chi connectivity index (χ1) is 13.1. The van der Waals surface area contributed by atoms with Crippen molar-refractivity contribution in [3.63, 3.8) is 0 Å². The Morgan fingerprint density at radius 3 is 2.54 bits per heavy atom. The van der Waals surface area contributed by atoms with E-state index >= 15 is 0 Å². The molecule has 2 rings (SSSR count). The average Bonchev–Trinajstić information content (AvgIpc) is 2.61. The molecule has 0 saturated heterocycles. The van der Waals surface area contributed by atoms with Crippen LogP contribution in [0.15, 0.2) is 41.6 Å². The summed E-state index contributed by atoms with van der Waals surface area (Å²) in [7, 11) is -0.853. The molecule has 2 heterocycles. The van der Waals surface area contributed by atoms with Gasteiger partial charge < -0.3 is 15.4 Å². The lowest BCUT2D eigenvalue weighted by atomic mass is 10.3. The van der Waals surface area contributed by atoms with Gasteiger partial charge >= 0.3 is 0 Å². The zero-order valence-electron chi connectivity index (χ0n) is 15.9. The monoisotopic (exact) mass is 422 g/mol. The van der Waals surface area contributed by atoms with Gasteiger partial charge in [-0.05, 0) is 50.3 Å². The van der Waals surface area contributed by atoms with E-state index in [9.17, 15) is 8.42 Å². The van der Waals surface area contributed by atoms with E-state index in [1.165, 1.54) is 38.6 Å². The molecule has 0 aromatic carbocycles. The van der Waals surface area contributed by atoms with Crippen molar-refractivity contribution < 1.29 is 13.2 Å². The predicted octanol–water partition coefficient (Wildman–Crippen LogP) is 1.83. The van der Waals surface area contributed by atoms with Gasteiger partial charge in [0.05, 0.1) is 12.3 Å². The van der Waals surface area contributed by atoms with Crippen molar-refractivity contribution in [3.8, 4) is 5.75 Å². The Morgan fingerprint density at radius 2 is 1.96 bits per heavy atom. The number of nitrogens with one attached hydrogen (secondary N) is 3. The van der Waals surface area contributed by atoms with Crippen molar-refractivity contribution >= 4 is 39.0 Å². The molecule has 0 aliphatic heterocycles. The molecular formula is C17H22N6O3S2. The minimum Gasteiger partial charge on any atom is -0.489 e. The van der Waals surface area contributed by atoms with Gasteiger partial charge in [0.15, 0.2) is 16.8 Å². The second-order valence-corrected chi connectivity index (χ2v) is 8.67. The second kappa shape index (κ2) is 9.04. The topological polar surface area (TPSA) is 120 Å². The number of ether oxygens (including phenoxy) is 1. The fourth-order valence-electron chi connectivity index (χ4n) is 2.08. The summed E-state index contributed by atoms with van der Waals surface area (Å²) < 4.78 is 31.4. The molecule has 11 heteroatoms. The third-order valence-electron chi connectivity index (χ3n) is 3.36. The summed E-state index contributed by atoms with van der Waals surface area (Å²) in [6.45, 7) is 3.81. The van der Waals surface area contributed by atoms with Crippen LogP contribution in [-0.2, 0) is 10.0 Å². The largest absolute Gasteiger partial charge is 0.489 e. The maximum atomic E-state index is 12.4. The van der Waals surface area contributed by atoms with Gasteiger partial charge in [-0.2, -0.15) is 0 Å². The fraction of sp³-hybridized carbons (Fsp3) is 0.294. The molecule has 0 atom stereocenters. The summed E-state index contributed by atoms with van der Waals surface area (Å²) in [6, 6.07) is 6.27. The fourth-order valence-corrected chi connectivity index (χ4v) is 3.27. The van der Waals surface area contributed by atoms with Gasteiger partial charge in [0.25, 0.3) is 0 Å². The zero-order chi connectivity index (χ0) is 20.9. The Kier molecular flexibility index (Phi) is 7.00. The predicted molar refractivity (Wildman–Crippen MR) is 111 cm³/mol. The van der Waals surface area contributed by atoms with Crippen molar-refractivity contribution in [2.24, 2.45) is 0 Å². The average molecular weight is 423 g/mol.